The molecule has 0 bridgehead atoms. The summed E-state index contributed by atoms with van der Waals surface area (Å²) in [5.74, 6) is 2.45. The highest BCUT2D eigenvalue weighted by Gasteiger charge is 2.20. The van der Waals surface area contributed by atoms with Crippen molar-refractivity contribution < 1.29 is 4.74 Å². The Labute approximate surface area is 107 Å². The Morgan fingerprint density at radius 2 is 2.28 bits per heavy atom. The molecule has 18 heavy (non-hydrogen) atoms. The molecule has 4 heteroatoms. The molecule has 0 saturated heterocycles. The van der Waals surface area contributed by atoms with Crippen molar-refractivity contribution in [3.05, 3.63) is 42.1 Å². The van der Waals surface area contributed by atoms with E-state index in [0.29, 0.717) is 5.92 Å². The van der Waals surface area contributed by atoms with Gasteiger partial charge in [0.25, 0.3) is 0 Å². The zero-order valence-electron chi connectivity index (χ0n) is 10.5. The van der Waals surface area contributed by atoms with Gasteiger partial charge in [-0.1, -0.05) is 18.2 Å². The van der Waals surface area contributed by atoms with Gasteiger partial charge in [-0.25, -0.2) is 0 Å². The third-order valence-electron chi connectivity index (χ3n) is 3.33. The van der Waals surface area contributed by atoms with E-state index in [1.165, 1.54) is 5.56 Å². The third-order valence-corrected chi connectivity index (χ3v) is 3.33. The fourth-order valence-corrected chi connectivity index (χ4v) is 2.37. The second-order valence-corrected chi connectivity index (χ2v) is 4.63. The first kappa shape index (κ1) is 11.1. The van der Waals surface area contributed by atoms with Crippen LogP contribution in [0.25, 0.3) is 0 Å². The number of aromatic nitrogens is 2. The maximum absolute atomic E-state index is 5.66. The van der Waals surface area contributed by atoms with Gasteiger partial charge < -0.3 is 10.1 Å². The van der Waals surface area contributed by atoms with Gasteiger partial charge in [0.15, 0.2) is 0 Å². The standard InChI is InChI=1S/C14H17N3O/c1-17-8-6-14(16-17)15-10-11-7-9-18-13-5-3-2-4-12(11)13/h2-6,8,11H,7,9-10H2,1H3,(H,15,16). The normalized spacial score (nSPS) is 17.9. The number of nitrogens with zero attached hydrogens (tertiary/aromatic N) is 2. The monoisotopic (exact) mass is 243 g/mol. The predicted molar refractivity (Wildman–Crippen MR) is 71.0 cm³/mol. The minimum atomic E-state index is 0.497. The summed E-state index contributed by atoms with van der Waals surface area (Å²) in [6, 6.07) is 10.3. The molecule has 1 unspecified atom stereocenters. The van der Waals surface area contributed by atoms with Crippen molar-refractivity contribution in [2.45, 2.75) is 12.3 Å². The minimum Gasteiger partial charge on any atom is -0.493 e. The van der Waals surface area contributed by atoms with Crippen molar-refractivity contribution >= 4 is 5.82 Å². The summed E-state index contributed by atoms with van der Waals surface area (Å²) < 4.78 is 7.47. The molecule has 0 aliphatic carbocycles. The van der Waals surface area contributed by atoms with E-state index < -0.39 is 0 Å². The average molecular weight is 243 g/mol. The second-order valence-electron chi connectivity index (χ2n) is 4.63. The molecule has 94 valence electrons. The molecular weight excluding hydrogens is 226 g/mol. The van der Waals surface area contributed by atoms with Crippen molar-refractivity contribution in [2.24, 2.45) is 7.05 Å². The van der Waals surface area contributed by atoms with Crippen molar-refractivity contribution in [3.63, 3.8) is 0 Å². The molecule has 1 N–H and O–H groups in total. The molecule has 2 aromatic rings. The zero-order chi connectivity index (χ0) is 12.4. The first-order chi connectivity index (χ1) is 8.83. The summed E-state index contributed by atoms with van der Waals surface area (Å²) in [7, 11) is 1.93. The van der Waals surface area contributed by atoms with E-state index in [9.17, 15) is 0 Å². The lowest BCUT2D eigenvalue weighted by atomic mass is 9.93. The van der Waals surface area contributed by atoms with Crippen molar-refractivity contribution in [1.82, 2.24) is 9.78 Å². The van der Waals surface area contributed by atoms with Gasteiger partial charge in [-0.2, -0.15) is 5.10 Å². The first-order valence-electron chi connectivity index (χ1n) is 6.28. The van der Waals surface area contributed by atoms with Crippen LogP contribution in [-0.2, 0) is 7.05 Å². The van der Waals surface area contributed by atoms with Gasteiger partial charge in [-0.05, 0) is 18.1 Å². The summed E-state index contributed by atoms with van der Waals surface area (Å²) in [5.41, 5.74) is 1.30. The molecule has 1 aliphatic rings. The largest absolute Gasteiger partial charge is 0.493 e. The van der Waals surface area contributed by atoms with Gasteiger partial charge in [-0.3, -0.25) is 4.68 Å². The van der Waals surface area contributed by atoms with Crippen LogP contribution in [0.1, 0.15) is 17.9 Å². The second kappa shape index (κ2) is 4.72. The van der Waals surface area contributed by atoms with Crippen LogP contribution in [0.2, 0.25) is 0 Å². The van der Waals surface area contributed by atoms with Gasteiger partial charge in [0, 0.05) is 31.8 Å². The predicted octanol–water partition coefficient (Wildman–Crippen LogP) is 2.40. The van der Waals surface area contributed by atoms with E-state index in [2.05, 4.69) is 22.5 Å². The Morgan fingerprint density at radius 1 is 1.39 bits per heavy atom. The summed E-state index contributed by atoms with van der Waals surface area (Å²) in [5, 5.41) is 7.71. The van der Waals surface area contributed by atoms with E-state index >= 15 is 0 Å². The van der Waals surface area contributed by atoms with Crippen LogP contribution in [0.4, 0.5) is 5.82 Å². The number of ether oxygens (including phenoxy) is 1. The fourth-order valence-electron chi connectivity index (χ4n) is 2.37. The Morgan fingerprint density at radius 3 is 3.11 bits per heavy atom. The molecule has 1 aromatic heterocycles. The molecular formula is C14H17N3O. The molecule has 0 radical (unpaired) electrons. The van der Waals surface area contributed by atoms with Crippen LogP contribution >= 0.6 is 0 Å². The van der Waals surface area contributed by atoms with Crippen LogP contribution < -0.4 is 10.1 Å². The number of anilines is 1. The topological polar surface area (TPSA) is 39.1 Å². The van der Waals surface area contributed by atoms with Crippen LogP contribution in [0.15, 0.2) is 36.5 Å². The Balaban J connectivity index is 1.71. The van der Waals surface area contributed by atoms with E-state index in [0.717, 1.165) is 31.1 Å². The van der Waals surface area contributed by atoms with Gasteiger partial charge in [0.2, 0.25) is 0 Å². The number of hydrogen-bond donors (Lipinski definition) is 1. The molecule has 0 amide bonds. The molecule has 1 atom stereocenters. The number of hydrogen-bond acceptors (Lipinski definition) is 3. The molecule has 1 aromatic carbocycles. The molecule has 1 aliphatic heterocycles. The maximum atomic E-state index is 5.66. The zero-order valence-corrected chi connectivity index (χ0v) is 10.5. The fraction of sp³-hybridized carbons (Fsp3) is 0.357. The van der Waals surface area contributed by atoms with Crippen molar-refractivity contribution in [3.8, 4) is 5.75 Å². The lowest BCUT2D eigenvalue weighted by molar-refractivity contribution is 0.270. The van der Waals surface area contributed by atoms with Crippen LogP contribution in [0, 0.1) is 0 Å². The lowest BCUT2D eigenvalue weighted by Crippen LogP contribution is -2.20. The molecule has 3 rings (SSSR count). The summed E-state index contributed by atoms with van der Waals surface area (Å²) >= 11 is 0. The minimum absolute atomic E-state index is 0.497. The molecule has 0 fully saturated rings. The van der Waals surface area contributed by atoms with Gasteiger partial charge >= 0.3 is 0 Å². The quantitative estimate of drug-likeness (QED) is 0.899. The lowest BCUT2D eigenvalue weighted by Gasteiger charge is -2.25. The maximum Gasteiger partial charge on any atom is 0.147 e. The number of aryl methyl sites for hydroxylation is 1. The average Bonchev–Trinajstić information content (AvgIpc) is 2.82. The summed E-state index contributed by atoms with van der Waals surface area (Å²) in [6.45, 7) is 1.70. The van der Waals surface area contributed by atoms with E-state index in [1.54, 1.807) is 4.68 Å². The van der Waals surface area contributed by atoms with Gasteiger partial charge in [-0.15, -0.1) is 0 Å². The van der Waals surface area contributed by atoms with E-state index in [4.69, 9.17) is 4.74 Å². The highest BCUT2D eigenvalue weighted by atomic mass is 16.5. The summed E-state index contributed by atoms with van der Waals surface area (Å²) in [6.07, 6.45) is 3.00. The number of benzene rings is 1. The Kier molecular flexibility index (Phi) is 2.92. The smallest absolute Gasteiger partial charge is 0.147 e. The van der Waals surface area contributed by atoms with E-state index in [-0.39, 0.29) is 0 Å². The van der Waals surface area contributed by atoms with Crippen molar-refractivity contribution in [1.29, 1.82) is 0 Å². The number of para-hydroxylation sites is 1. The van der Waals surface area contributed by atoms with Crippen LogP contribution in [0.3, 0.4) is 0 Å². The van der Waals surface area contributed by atoms with Crippen LogP contribution in [-0.4, -0.2) is 22.9 Å². The third kappa shape index (κ3) is 2.18. The van der Waals surface area contributed by atoms with Crippen molar-refractivity contribution in [2.75, 3.05) is 18.5 Å². The molecule has 4 nitrogen and oxygen atoms in total. The molecule has 2 heterocycles. The number of fused-ring (bicyclic) bond motifs is 1. The Hall–Kier alpha value is -1.97. The van der Waals surface area contributed by atoms with Gasteiger partial charge in [0.05, 0.1) is 6.61 Å². The highest BCUT2D eigenvalue weighted by Crippen LogP contribution is 2.33. The molecule has 0 saturated carbocycles. The number of rotatable bonds is 3. The Bertz CT molecular complexity index is 535. The van der Waals surface area contributed by atoms with E-state index in [1.807, 2.05) is 31.4 Å². The first-order valence-corrected chi connectivity index (χ1v) is 6.28. The molecule has 0 spiro atoms. The highest BCUT2D eigenvalue weighted by molar-refractivity contribution is 5.40. The number of nitrogens with one attached hydrogen (secondary N) is 1. The van der Waals surface area contributed by atoms with Gasteiger partial charge in [0.1, 0.15) is 11.6 Å². The van der Waals surface area contributed by atoms with Crippen LogP contribution in [0.5, 0.6) is 5.75 Å². The SMILES string of the molecule is Cn1ccc(NCC2CCOc3ccccc32)n1. The summed E-state index contributed by atoms with van der Waals surface area (Å²) in [4.78, 5) is 0.